The molecular weight excluding hydrogens is 401 g/mol. The van der Waals surface area contributed by atoms with Crippen molar-refractivity contribution < 1.29 is 9.18 Å². The third kappa shape index (κ3) is 4.78. The Bertz CT molecular complexity index is 1140. The summed E-state index contributed by atoms with van der Waals surface area (Å²) >= 11 is 0. The Hall–Kier alpha value is -3.31. The molecule has 1 atom stereocenters. The minimum Gasteiger partial charge on any atom is -0.293 e. The van der Waals surface area contributed by atoms with Crippen LogP contribution in [0.3, 0.4) is 0 Å². The van der Waals surface area contributed by atoms with Crippen molar-refractivity contribution in [3.05, 3.63) is 106 Å². The molecule has 1 heterocycles. The maximum absolute atomic E-state index is 14.5. The second-order valence-electron chi connectivity index (χ2n) is 8.50. The van der Waals surface area contributed by atoms with Crippen molar-refractivity contribution in [2.75, 3.05) is 13.6 Å². The monoisotopic (exact) mass is 429 g/mol. The molecule has 0 saturated heterocycles. The topological polar surface area (TPSA) is 35.9 Å². The lowest BCUT2D eigenvalue weighted by atomic mass is 9.94. The summed E-state index contributed by atoms with van der Waals surface area (Å²) in [5.74, 6) is -0.416. The zero-order chi connectivity index (χ0) is 22.7. The first-order valence-electron chi connectivity index (χ1n) is 10.9. The molecule has 4 nitrogen and oxygen atoms in total. The minimum atomic E-state index is -0.318. The van der Waals surface area contributed by atoms with Crippen molar-refractivity contribution in [3.8, 4) is 0 Å². The Morgan fingerprint density at radius 1 is 1.06 bits per heavy atom. The standard InChI is InChI=1S/C27H28FN3O/c1-19-13-14-22(20(2)15-19)26-16-25(23-11-7-8-12-24(23)28)29-31(26)27(32)18-30(3)17-21-9-5-4-6-10-21/h4-15,26H,16-18H2,1-3H3. The first-order valence-corrected chi connectivity index (χ1v) is 10.9. The highest BCUT2D eigenvalue weighted by Crippen LogP contribution is 2.35. The molecule has 5 heteroatoms. The predicted molar refractivity (Wildman–Crippen MR) is 126 cm³/mol. The number of carbonyl (C=O) groups is 1. The molecule has 4 rings (SSSR count). The van der Waals surface area contributed by atoms with Crippen LogP contribution in [0.1, 0.15) is 40.3 Å². The van der Waals surface area contributed by atoms with E-state index in [9.17, 15) is 9.18 Å². The van der Waals surface area contributed by atoms with Crippen molar-refractivity contribution in [2.24, 2.45) is 5.10 Å². The van der Waals surface area contributed by atoms with E-state index in [0.29, 0.717) is 24.2 Å². The van der Waals surface area contributed by atoms with Crippen LogP contribution in [0.4, 0.5) is 4.39 Å². The maximum atomic E-state index is 14.5. The average Bonchev–Trinajstić information content (AvgIpc) is 3.19. The number of hydrogen-bond acceptors (Lipinski definition) is 3. The Morgan fingerprint density at radius 3 is 2.50 bits per heavy atom. The molecule has 0 fully saturated rings. The third-order valence-corrected chi connectivity index (χ3v) is 5.84. The fourth-order valence-corrected chi connectivity index (χ4v) is 4.29. The quantitative estimate of drug-likeness (QED) is 0.536. The van der Waals surface area contributed by atoms with E-state index in [1.807, 2.05) is 62.2 Å². The SMILES string of the molecule is Cc1ccc(C2CC(c3ccccc3F)=NN2C(=O)CN(C)Cc2ccccc2)c(C)c1. The molecule has 0 spiro atoms. The molecule has 3 aromatic rings. The zero-order valence-corrected chi connectivity index (χ0v) is 18.8. The molecular formula is C27H28FN3O. The molecule has 0 N–H and O–H groups in total. The van der Waals surface area contributed by atoms with Crippen molar-refractivity contribution >= 4 is 11.6 Å². The molecule has 1 amide bonds. The molecule has 1 aliphatic rings. The number of benzene rings is 3. The lowest BCUT2D eigenvalue weighted by Gasteiger charge is -2.26. The van der Waals surface area contributed by atoms with E-state index in [1.165, 1.54) is 11.6 Å². The Balaban J connectivity index is 1.61. The molecule has 0 aromatic heterocycles. The number of halogens is 1. The molecule has 0 saturated carbocycles. The van der Waals surface area contributed by atoms with E-state index in [4.69, 9.17) is 0 Å². The first kappa shape index (κ1) is 21.9. The Kier molecular flexibility index (Phi) is 6.47. The molecule has 0 radical (unpaired) electrons. The summed E-state index contributed by atoms with van der Waals surface area (Å²) in [5, 5.41) is 6.19. The van der Waals surface area contributed by atoms with Crippen LogP contribution in [0.25, 0.3) is 0 Å². The molecule has 32 heavy (non-hydrogen) atoms. The highest BCUT2D eigenvalue weighted by molar-refractivity contribution is 6.03. The van der Waals surface area contributed by atoms with Crippen LogP contribution in [0, 0.1) is 19.7 Å². The van der Waals surface area contributed by atoms with Crippen LogP contribution in [-0.4, -0.2) is 35.1 Å². The summed E-state index contributed by atoms with van der Waals surface area (Å²) in [6.07, 6.45) is 0.485. The number of amides is 1. The van der Waals surface area contributed by atoms with E-state index in [2.05, 4.69) is 17.2 Å². The van der Waals surface area contributed by atoms with Gasteiger partial charge in [0.25, 0.3) is 5.91 Å². The van der Waals surface area contributed by atoms with Crippen LogP contribution in [0.2, 0.25) is 0 Å². The van der Waals surface area contributed by atoms with Gasteiger partial charge in [-0.2, -0.15) is 5.10 Å². The predicted octanol–water partition coefficient (Wildman–Crippen LogP) is 5.25. The Labute approximate surface area is 189 Å². The lowest BCUT2D eigenvalue weighted by molar-refractivity contribution is -0.134. The summed E-state index contributed by atoms with van der Waals surface area (Å²) in [4.78, 5) is 15.3. The van der Waals surface area contributed by atoms with E-state index in [1.54, 1.807) is 23.2 Å². The van der Waals surface area contributed by atoms with Crippen LogP contribution >= 0.6 is 0 Å². The molecule has 0 aliphatic carbocycles. The van der Waals surface area contributed by atoms with Gasteiger partial charge in [-0.1, -0.05) is 72.3 Å². The van der Waals surface area contributed by atoms with E-state index in [0.717, 1.165) is 16.7 Å². The van der Waals surface area contributed by atoms with E-state index >= 15 is 0 Å². The van der Waals surface area contributed by atoms with Gasteiger partial charge in [-0.05, 0) is 43.7 Å². The summed E-state index contributed by atoms with van der Waals surface area (Å²) in [6.45, 7) is 4.99. The number of aryl methyl sites for hydroxylation is 2. The number of carbonyl (C=O) groups excluding carboxylic acids is 1. The van der Waals surface area contributed by atoms with Gasteiger partial charge in [0.15, 0.2) is 0 Å². The summed E-state index contributed by atoms with van der Waals surface area (Å²) in [5.41, 5.74) is 5.52. The van der Waals surface area contributed by atoms with Crippen molar-refractivity contribution in [1.29, 1.82) is 0 Å². The fourth-order valence-electron chi connectivity index (χ4n) is 4.29. The average molecular weight is 430 g/mol. The van der Waals surface area contributed by atoms with Gasteiger partial charge in [0.05, 0.1) is 18.3 Å². The molecule has 0 bridgehead atoms. The van der Waals surface area contributed by atoms with Gasteiger partial charge >= 0.3 is 0 Å². The zero-order valence-electron chi connectivity index (χ0n) is 18.8. The fraction of sp³-hybridized carbons (Fsp3) is 0.259. The number of hydrogen-bond donors (Lipinski definition) is 0. The largest absolute Gasteiger partial charge is 0.293 e. The van der Waals surface area contributed by atoms with Crippen LogP contribution < -0.4 is 0 Å². The number of nitrogens with zero attached hydrogens (tertiary/aromatic N) is 3. The maximum Gasteiger partial charge on any atom is 0.257 e. The molecule has 1 unspecified atom stereocenters. The van der Waals surface area contributed by atoms with E-state index in [-0.39, 0.29) is 24.3 Å². The van der Waals surface area contributed by atoms with Gasteiger partial charge in [-0.25, -0.2) is 9.40 Å². The van der Waals surface area contributed by atoms with Crippen molar-refractivity contribution in [3.63, 3.8) is 0 Å². The molecule has 1 aliphatic heterocycles. The summed E-state index contributed by atoms with van der Waals surface area (Å²) < 4.78 is 14.5. The number of likely N-dealkylation sites (N-methyl/N-ethyl adjacent to an activating group) is 1. The van der Waals surface area contributed by atoms with Gasteiger partial charge < -0.3 is 0 Å². The van der Waals surface area contributed by atoms with Crippen LogP contribution in [-0.2, 0) is 11.3 Å². The third-order valence-electron chi connectivity index (χ3n) is 5.84. The molecule has 164 valence electrons. The Morgan fingerprint density at radius 2 is 1.78 bits per heavy atom. The second-order valence-corrected chi connectivity index (χ2v) is 8.50. The van der Waals surface area contributed by atoms with Gasteiger partial charge in [0.2, 0.25) is 0 Å². The smallest absolute Gasteiger partial charge is 0.257 e. The molecule has 3 aromatic carbocycles. The summed E-state index contributed by atoms with van der Waals surface area (Å²) in [6, 6.07) is 22.6. The van der Waals surface area contributed by atoms with E-state index < -0.39 is 0 Å². The second kappa shape index (κ2) is 9.45. The minimum absolute atomic E-state index is 0.0975. The number of rotatable bonds is 6. The van der Waals surface area contributed by atoms with Gasteiger partial charge in [0, 0.05) is 18.5 Å². The van der Waals surface area contributed by atoms with Crippen LogP contribution in [0.15, 0.2) is 77.9 Å². The van der Waals surface area contributed by atoms with Crippen molar-refractivity contribution in [2.45, 2.75) is 32.9 Å². The number of hydrazone groups is 1. The van der Waals surface area contributed by atoms with Gasteiger partial charge in [0.1, 0.15) is 5.82 Å². The normalized spacial score (nSPS) is 15.8. The van der Waals surface area contributed by atoms with Gasteiger partial charge in [-0.3, -0.25) is 9.69 Å². The van der Waals surface area contributed by atoms with Crippen LogP contribution in [0.5, 0.6) is 0 Å². The highest BCUT2D eigenvalue weighted by atomic mass is 19.1. The first-order chi connectivity index (χ1) is 15.4. The highest BCUT2D eigenvalue weighted by Gasteiger charge is 2.34. The van der Waals surface area contributed by atoms with Crippen molar-refractivity contribution in [1.82, 2.24) is 9.91 Å². The van der Waals surface area contributed by atoms with Gasteiger partial charge in [-0.15, -0.1) is 0 Å². The lowest BCUT2D eigenvalue weighted by Crippen LogP contribution is -2.36. The summed E-state index contributed by atoms with van der Waals surface area (Å²) in [7, 11) is 1.93.